The minimum absolute atomic E-state index is 0.0183. The molecular formula is C12H22N2O. The van der Waals surface area contributed by atoms with Gasteiger partial charge in [0.15, 0.2) is 0 Å². The Morgan fingerprint density at radius 1 is 1.13 bits per heavy atom. The normalized spacial score (nSPS) is 46.2. The number of rotatable bonds is 2. The monoisotopic (exact) mass is 210 g/mol. The van der Waals surface area contributed by atoms with E-state index in [0.29, 0.717) is 12.1 Å². The second-order valence-electron chi connectivity index (χ2n) is 5.50. The number of aliphatic hydroxyl groups excluding tert-OH is 1. The van der Waals surface area contributed by atoms with Gasteiger partial charge in [0, 0.05) is 24.7 Å². The smallest absolute Gasteiger partial charge is 0.0570 e. The summed E-state index contributed by atoms with van der Waals surface area (Å²) in [6.07, 6.45) is 7.33. The Labute approximate surface area is 91.8 Å². The number of fused-ring (bicyclic) bond motifs is 2. The first-order valence-electron chi connectivity index (χ1n) is 6.50. The number of hydrogen-bond donors (Lipinski definition) is 2. The minimum Gasteiger partial charge on any atom is -0.393 e. The van der Waals surface area contributed by atoms with E-state index in [4.69, 9.17) is 0 Å². The zero-order chi connectivity index (χ0) is 10.3. The number of aliphatic hydroxyl groups is 1. The number of nitrogens with one attached hydrogen (secondary N) is 1. The summed E-state index contributed by atoms with van der Waals surface area (Å²) in [5.41, 5.74) is 0. The molecule has 3 aliphatic rings. The van der Waals surface area contributed by atoms with E-state index in [1.807, 2.05) is 0 Å². The molecule has 3 unspecified atom stereocenters. The lowest BCUT2D eigenvalue weighted by Crippen LogP contribution is -2.49. The molecule has 86 valence electrons. The summed E-state index contributed by atoms with van der Waals surface area (Å²) in [5, 5.41) is 13.3. The second-order valence-corrected chi connectivity index (χ2v) is 5.50. The van der Waals surface area contributed by atoms with Crippen LogP contribution in [0, 0.1) is 0 Å². The van der Waals surface area contributed by atoms with Gasteiger partial charge in [0.05, 0.1) is 6.10 Å². The van der Waals surface area contributed by atoms with Crippen molar-refractivity contribution in [2.75, 3.05) is 13.1 Å². The van der Waals surface area contributed by atoms with Crippen molar-refractivity contribution in [2.45, 2.75) is 62.8 Å². The molecule has 2 bridgehead atoms. The zero-order valence-electron chi connectivity index (χ0n) is 9.36. The number of nitrogens with zero attached hydrogens (tertiary/aromatic N) is 1. The molecule has 0 aliphatic carbocycles. The Hall–Kier alpha value is -0.120. The highest BCUT2D eigenvalue weighted by atomic mass is 16.3. The van der Waals surface area contributed by atoms with E-state index in [1.165, 1.54) is 38.8 Å². The van der Waals surface area contributed by atoms with Crippen molar-refractivity contribution in [1.29, 1.82) is 0 Å². The maximum atomic E-state index is 9.73. The summed E-state index contributed by atoms with van der Waals surface area (Å²) in [4.78, 5) is 2.68. The molecule has 3 heterocycles. The highest BCUT2D eigenvalue weighted by Crippen LogP contribution is 2.35. The van der Waals surface area contributed by atoms with E-state index < -0.39 is 0 Å². The minimum atomic E-state index is -0.0183. The molecule has 0 aromatic rings. The molecule has 3 nitrogen and oxygen atoms in total. The molecule has 0 radical (unpaired) electrons. The summed E-state index contributed by atoms with van der Waals surface area (Å²) in [5.74, 6) is 0. The van der Waals surface area contributed by atoms with Crippen LogP contribution in [0.3, 0.4) is 0 Å². The fraction of sp³-hybridized carbons (Fsp3) is 1.00. The lowest BCUT2D eigenvalue weighted by molar-refractivity contribution is 0.0314. The third-order valence-corrected chi connectivity index (χ3v) is 4.45. The van der Waals surface area contributed by atoms with E-state index >= 15 is 0 Å². The van der Waals surface area contributed by atoms with Gasteiger partial charge in [-0.25, -0.2) is 0 Å². The van der Waals surface area contributed by atoms with Crippen LogP contribution in [0.5, 0.6) is 0 Å². The van der Waals surface area contributed by atoms with Crippen molar-refractivity contribution < 1.29 is 5.11 Å². The average molecular weight is 210 g/mol. The zero-order valence-corrected chi connectivity index (χ0v) is 9.36. The molecule has 3 fully saturated rings. The molecule has 2 N–H and O–H groups in total. The van der Waals surface area contributed by atoms with Gasteiger partial charge in [-0.3, -0.25) is 4.90 Å². The van der Waals surface area contributed by atoms with Gasteiger partial charge >= 0.3 is 0 Å². The SMILES string of the molecule is OC1CC2CCC(C1)N2CC1CCCN1. The Bertz CT molecular complexity index is 214. The van der Waals surface area contributed by atoms with Crippen LogP contribution < -0.4 is 5.32 Å². The Balaban J connectivity index is 1.61. The van der Waals surface area contributed by atoms with Gasteiger partial charge in [-0.2, -0.15) is 0 Å². The first kappa shape index (κ1) is 10.1. The van der Waals surface area contributed by atoms with Crippen LogP contribution in [0.15, 0.2) is 0 Å². The molecule has 3 atom stereocenters. The van der Waals surface area contributed by atoms with E-state index in [9.17, 15) is 5.11 Å². The van der Waals surface area contributed by atoms with E-state index in [1.54, 1.807) is 0 Å². The van der Waals surface area contributed by atoms with E-state index in [0.717, 1.165) is 18.9 Å². The molecule has 3 rings (SSSR count). The fourth-order valence-electron chi connectivity index (χ4n) is 3.71. The second kappa shape index (κ2) is 4.04. The predicted octanol–water partition coefficient (Wildman–Crippen LogP) is 0.726. The van der Waals surface area contributed by atoms with Crippen LogP contribution in [0.25, 0.3) is 0 Å². The summed E-state index contributed by atoms with van der Waals surface area (Å²) in [6, 6.07) is 2.09. The van der Waals surface area contributed by atoms with Crippen LogP contribution in [0.1, 0.15) is 38.5 Å². The topological polar surface area (TPSA) is 35.5 Å². The standard InChI is InChI=1S/C12H22N2O/c15-12-6-10-3-4-11(7-12)14(10)8-9-2-1-5-13-9/h9-13,15H,1-8H2. The van der Waals surface area contributed by atoms with Crippen LogP contribution >= 0.6 is 0 Å². The van der Waals surface area contributed by atoms with Gasteiger partial charge in [-0.05, 0) is 45.1 Å². The van der Waals surface area contributed by atoms with Crippen molar-refractivity contribution >= 4 is 0 Å². The van der Waals surface area contributed by atoms with Gasteiger partial charge in [-0.1, -0.05) is 0 Å². The lowest BCUT2D eigenvalue weighted by Gasteiger charge is -2.38. The molecule has 3 heteroatoms. The van der Waals surface area contributed by atoms with E-state index in [-0.39, 0.29) is 6.10 Å². The summed E-state index contributed by atoms with van der Waals surface area (Å²) in [6.45, 7) is 2.43. The molecule has 15 heavy (non-hydrogen) atoms. The largest absolute Gasteiger partial charge is 0.393 e. The van der Waals surface area contributed by atoms with Crippen LogP contribution in [0.4, 0.5) is 0 Å². The van der Waals surface area contributed by atoms with E-state index in [2.05, 4.69) is 10.2 Å². The van der Waals surface area contributed by atoms with Crippen molar-refractivity contribution in [3.05, 3.63) is 0 Å². The molecular weight excluding hydrogens is 188 g/mol. The number of piperidine rings is 1. The molecule has 3 saturated heterocycles. The van der Waals surface area contributed by atoms with Crippen molar-refractivity contribution in [3.8, 4) is 0 Å². The van der Waals surface area contributed by atoms with Crippen LogP contribution in [-0.2, 0) is 0 Å². The van der Waals surface area contributed by atoms with Gasteiger partial charge in [0.25, 0.3) is 0 Å². The van der Waals surface area contributed by atoms with Gasteiger partial charge in [-0.15, -0.1) is 0 Å². The molecule has 0 spiro atoms. The molecule has 0 saturated carbocycles. The molecule has 0 amide bonds. The van der Waals surface area contributed by atoms with Gasteiger partial charge in [0.1, 0.15) is 0 Å². The highest BCUT2D eigenvalue weighted by Gasteiger charge is 2.40. The number of hydrogen-bond acceptors (Lipinski definition) is 3. The Morgan fingerprint density at radius 2 is 1.87 bits per heavy atom. The Morgan fingerprint density at radius 3 is 2.47 bits per heavy atom. The lowest BCUT2D eigenvalue weighted by atomic mass is 9.99. The molecule has 3 aliphatic heterocycles. The van der Waals surface area contributed by atoms with Gasteiger partial charge in [0.2, 0.25) is 0 Å². The maximum Gasteiger partial charge on any atom is 0.0570 e. The first-order chi connectivity index (χ1) is 7.33. The summed E-state index contributed by atoms with van der Waals surface area (Å²) >= 11 is 0. The van der Waals surface area contributed by atoms with Gasteiger partial charge < -0.3 is 10.4 Å². The summed E-state index contributed by atoms with van der Waals surface area (Å²) in [7, 11) is 0. The predicted molar refractivity (Wildman–Crippen MR) is 59.8 cm³/mol. The first-order valence-corrected chi connectivity index (χ1v) is 6.50. The highest BCUT2D eigenvalue weighted by molar-refractivity contribution is 4.97. The summed E-state index contributed by atoms with van der Waals surface area (Å²) < 4.78 is 0. The average Bonchev–Trinajstić information content (AvgIpc) is 2.77. The van der Waals surface area contributed by atoms with Crippen molar-refractivity contribution in [1.82, 2.24) is 10.2 Å². The van der Waals surface area contributed by atoms with Crippen LogP contribution in [-0.4, -0.2) is 47.3 Å². The molecule has 0 aromatic heterocycles. The van der Waals surface area contributed by atoms with Crippen molar-refractivity contribution in [3.63, 3.8) is 0 Å². The fourth-order valence-corrected chi connectivity index (χ4v) is 3.71. The molecule has 0 aromatic carbocycles. The van der Waals surface area contributed by atoms with Crippen molar-refractivity contribution in [2.24, 2.45) is 0 Å². The Kier molecular flexibility index (Phi) is 2.71. The third kappa shape index (κ3) is 1.93. The maximum absolute atomic E-state index is 9.73. The quantitative estimate of drug-likeness (QED) is 0.705. The van der Waals surface area contributed by atoms with Crippen LogP contribution in [0.2, 0.25) is 0 Å². The third-order valence-electron chi connectivity index (χ3n) is 4.45.